The summed E-state index contributed by atoms with van der Waals surface area (Å²) in [4.78, 5) is 25.9. The average molecular weight is 574 g/mol. The van der Waals surface area contributed by atoms with Crippen molar-refractivity contribution in [3.63, 3.8) is 0 Å². The van der Waals surface area contributed by atoms with Crippen LogP contribution in [-0.2, 0) is 14.3 Å². The summed E-state index contributed by atoms with van der Waals surface area (Å²) in [6.07, 6.45) is -0.327. The Hall–Kier alpha value is -4.19. The molecule has 4 rings (SSSR count). The molecule has 3 aromatic rings. The molecule has 0 radical (unpaired) electrons. The third kappa shape index (κ3) is 7.26. The molecular weight excluding hydrogens is 546 g/mol. The number of allylic oxidation sites excluding steroid dienone is 2. The van der Waals surface area contributed by atoms with E-state index in [1.807, 2.05) is 30.3 Å². The van der Waals surface area contributed by atoms with Crippen molar-refractivity contribution in [3.8, 4) is 17.6 Å². The molecular formula is C31H28ClN3O4S. The fourth-order valence-corrected chi connectivity index (χ4v) is 5.15. The summed E-state index contributed by atoms with van der Waals surface area (Å²) in [7, 11) is 0. The third-order valence-corrected chi connectivity index (χ3v) is 7.15. The summed E-state index contributed by atoms with van der Waals surface area (Å²) in [5.41, 5.74) is 2.56. The van der Waals surface area contributed by atoms with Gasteiger partial charge in [-0.3, -0.25) is 4.79 Å². The lowest BCUT2D eigenvalue weighted by atomic mass is 9.82. The zero-order chi connectivity index (χ0) is 28.6. The van der Waals surface area contributed by atoms with Crippen LogP contribution < -0.4 is 15.4 Å². The highest BCUT2D eigenvalue weighted by atomic mass is 35.5. The predicted octanol–water partition coefficient (Wildman–Crippen LogP) is 7.15. The van der Waals surface area contributed by atoms with Crippen LogP contribution in [0.1, 0.15) is 32.3 Å². The van der Waals surface area contributed by atoms with E-state index in [4.69, 9.17) is 21.1 Å². The Kier molecular flexibility index (Phi) is 9.54. The average Bonchev–Trinajstić information content (AvgIpc) is 2.93. The van der Waals surface area contributed by atoms with E-state index >= 15 is 0 Å². The molecule has 0 unspecified atom stereocenters. The second kappa shape index (κ2) is 13.2. The molecule has 0 aliphatic carbocycles. The number of esters is 1. The number of carbonyl (C=O) groups is 2. The number of amides is 1. The number of benzene rings is 3. The highest BCUT2D eigenvalue weighted by Gasteiger charge is 2.36. The Morgan fingerprint density at radius 3 is 2.30 bits per heavy atom. The van der Waals surface area contributed by atoms with Gasteiger partial charge in [0.15, 0.2) is 0 Å². The number of nitrogens with one attached hydrogen (secondary N) is 2. The largest absolute Gasteiger partial charge is 0.460 e. The Morgan fingerprint density at radius 1 is 1.02 bits per heavy atom. The minimum absolute atomic E-state index is 0.0438. The van der Waals surface area contributed by atoms with Crippen LogP contribution in [0.5, 0.6) is 11.5 Å². The standard InChI is InChI=1S/C31H28ClN3O4S/c1-19(2)38-31(37)28-20(3)34-30(26(17-33)29(28)21-9-11-22(32)12-10-21)40-18-27(36)35-23-13-15-25(16-14-23)39-24-7-5-4-6-8-24/h4-16,19,29,34H,18H2,1-3H3,(H,35,36)/t29-/m1/s1. The van der Waals surface area contributed by atoms with Crippen LogP contribution in [0.3, 0.4) is 0 Å². The quantitative estimate of drug-likeness (QED) is 0.262. The molecule has 1 heterocycles. The maximum atomic E-state index is 13.1. The van der Waals surface area contributed by atoms with E-state index in [9.17, 15) is 14.9 Å². The molecule has 7 nitrogen and oxygen atoms in total. The van der Waals surface area contributed by atoms with Gasteiger partial charge in [0.1, 0.15) is 11.5 Å². The molecule has 9 heteroatoms. The molecule has 1 atom stereocenters. The summed E-state index contributed by atoms with van der Waals surface area (Å²) in [5, 5.41) is 17.2. The van der Waals surface area contributed by atoms with E-state index in [0.717, 1.165) is 11.3 Å². The summed E-state index contributed by atoms with van der Waals surface area (Å²) < 4.78 is 11.3. The Labute approximate surface area is 242 Å². The van der Waals surface area contributed by atoms with Crippen molar-refractivity contribution in [1.82, 2.24) is 5.32 Å². The molecule has 0 aromatic heterocycles. The van der Waals surface area contributed by atoms with Crippen molar-refractivity contribution in [2.75, 3.05) is 11.1 Å². The number of anilines is 1. The van der Waals surface area contributed by atoms with Crippen LogP contribution in [0.2, 0.25) is 5.02 Å². The van der Waals surface area contributed by atoms with Crippen LogP contribution in [0, 0.1) is 11.3 Å². The van der Waals surface area contributed by atoms with Crippen LogP contribution in [0.15, 0.2) is 101 Å². The smallest absolute Gasteiger partial charge is 0.337 e. The van der Waals surface area contributed by atoms with E-state index < -0.39 is 11.9 Å². The first kappa shape index (κ1) is 28.8. The van der Waals surface area contributed by atoms with Crippen molar-refractivity contribution in [2.45, 2.75) is 32.8 Å². The first-order valence-corrected chi connectivity index (χ1v) is 14.0. The summed E-state index contributed by atoms with van der Waals surface area (Å²) in [6, 6.07) is 25.7. The van der Waals surface area contributed by atoms with E-state index in [0.29, 0.717) is 38.3 Å². The molecule has 1 amide bonds. The predicted molar refractivity (Wildman–Crippen MR) is 158 cm³/mol. The number of thioether (sulfide) groups is 1. The van der Waals surface area contributed by atoms with Crippen molar-refractivity contribution in [3.05, 3.63) is 111 Å². The Morgan fingerprint density at radius 2 is 1.68 bits per heavy atom. The number of nitriles is 1. The number of carbonyl (C=O) groups excluding carboxylic acids is 2. The van der Waals surface area contributed by atoms with Crippen LogP contribution in [0.25, 0.3) is 0 Å². The molecule has 0 bridgehead atoms. The first-order valence-electron chi connectivity index (χ1n) is 12.6. The molecule has 2 N–H and O–H groups in total. The van der Waals surface area contributed by atoms with Gasteiger partial charge in [-0.2, -0.15) is 5.26 Å². The van der Waals surface area contributed by atoms with Gasteiger partial charge in [0.2, 0.25) is 5.91 Å². The lowest BCUT2D eigenvalue weighted by molar-refractivity contribution is -0.143. The van der Waals surface area contributed by atoms with E-state index in [-0.39, 0.29) is 17.8 Å². The van der Waals surface area contributed by atoms with Crippen LogP contribution in [-0.4, -0.2) is 23.7 Å². The van der Waals surface area contributed by atoms with E-state index in [2.05, 4.69) is 16.7 Å². The molecule has 204 valence electrons. The minimum Gasteiger partial charge on any atom is -0.460 e. The molecule has 0 spiro atoms. The maximum Gasteiger partial charge on any atom is 0.337 e. The number of dihydropyridines is 1. The molecule has 40 heavy (non-hydrogen) atoms. The zero-order valence-electron chi connectivity index (χ0n) is 22.2. The normalized spacial score (nSPS) is 14.8. The van der Waals surface area contributed by atoms with Crippen molar-refractivity contribution in [2.24, 2.45) is 0 Å². The summed E-state index contributed by atoms with van der Waals surface area (Å²) in [5.74, 6) is -0.00721. The number of para-hydroxylation sites is 1. The number of rotatable bonds is 9. The van der Waals surface area contributed by atoms with Crippen molar-refractivity contribution < 1.29 is 19.1 Å². The van der Waals surface area contributed by atoms with Gasteiger partial charge in [-0.1, -0.05) is 53.7 Å². The molecule has 1 aliphatic heterocycles. The molecule has 0 saturated heterocycles. The van der Waals surface area contributed by atoms with Gasteiger partial charge < -0.3 is 20.1 Å². The van der Waals surface area contributed by atoms with Crippen LogP contribution in [0.4, 0.5) is 5.69 Å². The van der Waals surface area contributed by atoms with Gasteiger partial charge in [0.25, 0.3) is 0 Å². The number of hydrogen-bond acceptors (Lipinski definition) is 7. The highest BCUT2D eigenvalue weighted by Crippen LogP contribution is 2.41. The second-order valence-corrected chi connectivity index (χ2v) is 10.7. The molecule has 0 saturated carbocycles. The van der Waals surface area contributed by atoms with Gasteiger partial charge >= 0.3 is 5.97 Å². The van der Waals surface area contributed by atoms with Crippen molar-refractivity contribution >= 4 is 40.9 Å². The number of halogens is 1. The number of hydrogen-bond donors (Lipinski definition) is 2. The van der Waals surface area contributed by atoms with E-state index in [1.165, 1.54) is 11.8 Å². The second-order valence-electron chi connectivity index (χ2n) is 9.23. The maximum absolute atomic E-state index is 13.1. The van der Waals surface area contributed by atoms with Gasteiger partial charge in [-0.05, 0) is 74.9 Å². The Balaban J connectivity index is 1.49. The van der Waals surface area contributed by atoms with Gasteiger partial charge in [0.05, 0.1) is 40.0 Å². The SMILES string of the molecule is CC1=C(C(=O)OC(C)C)[C@H](c2ccc(Cl)cc2)C(C#N)=C(SCC(=O)Nc2ccc(Oc3ccccc3)cc2)N1. The van der Waals surface area contributed by atoms with Crippen molar-refractivity contribution in [1.29, 1.82) is 5.26 Å². The molecule has 0 fully saturated rings. The minimum atomic E-state index is -0.669. The molecule has 1 aliphatic rings. The number of nitrogens with zero attached hydrogens (tertiary/aromatic N) is 1. The van der Waals surface area contributed by atoms with Gasteiger partial charge in [-0.15, -0.1) is 0 Å². The van der Waals surface area contributed by atoms with Crippen LogP contribution >= 0.6 is 23.4 Å². The van der Waals surface area contributed by atoms with E-state index in [1.54, 1.807) is 69.3 Å². The molecule has 3 aromatic carbocycles. The lowest BCUT2D eigenvalue weighted by Crippen LogP contribution is -2.30. The lowest BCUT2D eigenvalue weighted by Gasteiger charge is -2.29. The fourth-order valence-electron chi connectivity index (χ4n) is 4.13. The Bertz CT molecular complexity index is 1480. The first-order chi connectivity index (χ1) is 19.2. The summed E-state index contributed by atoms with van der Waals surface area (Å²) >= 11 is 7.29. The zero-order valence-corrected chi connectivity index (χ0v) is 23.8. The monoisotopic (exact) mass is 573 g/mol. The van der Waals surface area contributed by atoms with Gasteiger partial charge in [0, 0.05) is 16.4 Å². The topological polar surface area (TPSA) is 100 Å². The highest BCUT2D eigenvalue weighted by molar-refractivity contribution is 8.03. The fraction of sp³-hybridized carbons (Fsp3) is 0.194. The number of ether oxygens (including phenoxy) is 2. The summed E-state index contributed by atoms with van der Waals surface area (Å²) in [6.45, 7) is 5.30. The van der Waals surface area contributed by atoms with Gasteiger partial charge in [-0.25, -0.2) is 4.79 Å². The third-order valence-electron chi connectivity index (χ3n) is 5.88.